The number of anilines is 2. The molecule has 1 aromatic rings. The fraction of sp³-hybridized carbons (Fsp3) is 0.333. The highest BCUT2D eigenvalue weighted by atomic mass is 32.1. The van der Waals surface area contributed by atoms with Crippen LogP contribution in [-0.2, 0) is 0 Å². The summed E-state index contributed by atoms with van der Waals surface area (Å²) in [5.41, 5.74) is 10.4. The molecule has 0 aromatic carbocycles. The van der Waals surface area contributed by atoms with Crippen LogP contribution in [0.2, 0.25) is 0 Å². The lowest BCUT2D eigenvalue weighted by Crippen LogP contribution is -2.10. The third kappa shape index (κ3) is 2.30. The zero-order chi connectivity index (χ0) is 9.84. The van der Waals surface area contributed by atoms with E-state index in [2.05, 4.69) is 10.3 Å². The van der Waals surface area contributed by atoms with Crippen molar-refractivity contribution in [3.63, 3.8) is 0 Å². The molecule has 1 rings (SSSR count). The number of amides is 1. The lowest BCUT2D eigenvalue weighted by Gasteiger charge is -1.95. The van der Waals surface area contributed by atoms with Crippen molar-refractivity contribution in [2.75, 3.05) is 24.2 Å². The van der Waals surface area contributed by atoms with E-state index >= 15 is 0 Å². The van der Waals surface area contributed by atoms with Crippen molar-refractivity contribution in [3.8, 4) is 0 Å². The van der Waals surface area contributed by atoms with Gasteiger partial charge >= 0.3 is 0 Å². The largest absolute Gasteiger partial charge is 0.395 e. The van der Waals surface area contributed by atoms with Crippen LogP contribution in [0.5, 0.6) is 0 Å². The van der Waals surface area contributed by atoms with Crippen LogP contribution in [-0.4, -0.2) is 29.1 Å². The quantitative estimate of drug-likeness (QED) is 0.512. The number of carbonyl (C=O) groups is 1. The van der Waals surface area contributed by atoms with Crippen LogP contribution in [0.3, 0.4) is 0 Å². The molecule has 6 N–H and O–H groups in total. The number of primary amides is 1. The molecule has 0 bridgehead atoms. The zero-order valence-electron chi connectivity index (χ0n) is 6.78. The number of hydrogen-bond acceptors (Lipinski definition) is 6. The van der Waals surface area contributed by atoms with Gasteiger partial charge in [-0.1, -0.05) is 11.3 Å². The second kappa shape index (κ2) is 4.06. The van der Waals surface area contributed by atoms with E-state index in [0.29, 0.717) is 11.7 Å². The summed E-state index contributed by atoms with van der Waals surface area (Å²) in [4.78, 5) is 14.8. The van der Waals surface area contributed by atoms with Gasteiger partial charge in [0.1, 0.15) is 10.7 Å². The topological polar surface area (TPSA) is 114 Å². The van der Waals surface area contributed by atoms with Gasteiger partial charge in [0.05, 0.1) is 6.61 Å². The van der Waals surface area contributed by atoms with E-state index in [9.17, 15) is 4.79 Å². The SMILES string of the molecule is NC(=O)c1sc(NCCO)nc1N. The third-order valence-corrected chi connectivity index (χ3v) is 2.31. The van der Waals surface area contributed by atoms with Crippen LogP contribution in [0.25, 0.3) is 0 Å². The molecule has 7 heteroatoms. The molecule has 0 saturated heterocycles. The summed E-state index contributed by atoms with van der Waals surface area (Å²) in [6.45, 7) is 0.358. The maximum atomic E-state index is 10.7. The van der Waals surface area contributed by atoms with Gasteiger partial charge in [0.15, 0.2) is 5.13 Å². The number of nitrogens with two attached hydrogens (primary N) is 2. The normalized spacial score (nSPS) is 9.92. The number of nitrogens with one attached hydrogen (secondary N) is 1. The number of carbonyl (C=O) groups excluding carboxylic acids is 1. The minimum atomic E-state index is -0.591. The molecule has 6 nitrogen and oxygen atoms in total. The van der Waals surface area contributed by atoms with Gasteiger partial charge in [-0.25, -0.2) is 4.98 Å². The first kappa shape index (κ1) is 9.75. The molecule has 0 aliphatic rings. The molecule has 13 heavy (non-hydrogen) atoms. The standard InChI is InChI=1S/C6H10N4O2S/c7-4-3(5(8)12)13-6(10-4)9-1-2-11/h11H,1-2,7H2,(H2,8,12)(H,9,10). The molecule has 0 radical (unpaired) electrons. The van der Waals surface area contributed by atoms with Gasteiger partial charge in [-0.05, 0) is 0 Å². The summed E-state index contributed by atoms with van der Waals surface area (Å²) in [6.07, 6.45) is 0. The number of aromatic nitrogens is 1. The lowest BCUT2D eigenvalue weighted by molar-refractivity contribution is 0.100. The first-order chi connectivity index (χ1) is 6.15. The smallest absolute Gasteiger partial charge is 0.262 e. The number of rotatable bonds is 4. The second-order valence-corrected chi connectivity index (χ2v) is 3.25. The Bertz CT molecular complexity index is 312. The Morgan fingerprint density at radius 1 is 1.69 bits per heavy atom. The number of thiazole rings is 1. The Balaban J connectivity index is 2.76. The van der Waals surface area contributed by atoms with Crippen LogP contribution < -0.4 is 16.8 Å². The molecule has 0 aliphatic carbocycles. The Hall–Kier alpha value is -1.34. The number of aliphatic hydroxyl groups is 1. The molecule has 1 aromatic heterocycles. The molecule has 0 unspecified atom stereocenters. The van der Waals surface area contributed by atoms with Crippen molar-refractivity contribution >= 4 is 28.2 Å². The zero-order valence-corrected chi connectivity index (χ0v) is 7.60. The van der Waals surface area contributed by atoms with Crippen molar-refractivity contribution in [1.82, 2.24) is 4.98 Å². The van der Waals surface area contributed by atoms with Gasteiger partial charge in [-0.15, -0.1) is 0 Å². The van der Waals surface area contributed by atoms with E-state index in [4.69, 9.17) is 16.6 Å². The van der Waals surface area contributed by atoms with E-state index in [1.165, 1.54) is 0 Å². The van der Waals surface area contributed by atoms with E-state index in [1.54, 1.807) is 0 Å². The molecule has 1 heterocycles. The highest BCUT2D eigenvalue weighted by Gasteiger charge is 2.12. The Kier molecular flexibility index (Phi) is 3.04. The summed E-state index contributed by atoms with van der Waals surface area (Å²) in [7, 11) is 0. The van der Waals surface area contributed by atoms with Crippen LogP contribution >= 0.6 is 11.3 Å². The molecule has 0 fully saturated rings. The van der Waals surface area contributed by atoms with E-state index in [1.807, 2.05) is 0 Å². The molecule has 72 valence electrons. The monoisotopic (exact) mass is 202 g/mol. The minimum Gasteiger partial charge on any atom is -0.395 e. The number of hydrogen-bond donors (Lipinski definition) is 4. The van der Waals surface area contributed by atoms with Gasteiger partial charge in [-0.2, -0.15) is 0 Å². The Labute approximate surface area is 78.6 Å². The van der Waals surface area contributed by atoms with E-state index in [-0.39, 0.29) is 17.3 Å². The van der Waals surface area contributed by atoms with Crippen LogP contribution in [0.1, 0.15) is 9.67 Å². The molecule has 1 amide bonds. The number of aliphatic hydroxyl groups excluding tert-OH is 1. The average molecular weight is 202 g/mol. The first-order valence-electron chi connectivity index (χ1n) is 3.56. The maximum absolute atomic E-state index is 10.7. The van der Waals surface area contributed by atoms with Gasteiger partial charge < -0.3 is 21.9 Å². The number of nitrogens with zero attached hydrogens (tertiary/aromatic N) is 1. The highest BCUT2D eigenvalue weighted by molar-refractivity contribution is 7.18. The van der Waals surface area contributed by atoms with Gasteiger partial charge in [0.25, 0.3) is 5.91 Å². The van der Waals surface area contributed by atoms with Gasteiger partial charge in [0.2, 0.25) is 0 Å². The van der Waals surface area contributed by atoms with Crippen molar-refractivity contribution < 1.29 is 9.90 Å². The van der Waals surface area contributed by atoms with Crippen molar-refractivity contribution in [2.45, 2.75) is 0 Å². The van der Waals surface area contributed by atoms with Gasteiger partial charge in [-0.3, -0.25) is 4.79 Å². The van der Waals surface area contributed by atoms with Crippen molar-refractivity contribution in [2.24, 2.45) is 5.73 Å². The Morgan fingerprint density at radius 3 is 2.85 bits per heavy atom. The molecule has 0 aliphatic heterocycles. The molecule has 0 atom stereocenters. The summed E-state index contributed by atoms with van der Waals surface area (Å²) >= 11 is 1.07. The molecule has 0 spiro atoms. The molecular weight excluding hydrogens is 192 g/mol. The maximum Gasteiger partial charge on any atom is 0.262 e. The average Bonchev–Trinajstić information content (AvgIpc) is 2.43. The van der Waals surface area contributed by atoms with Crippen molar-refractivity contribution in [1.29, 1.82) is 0 Å². The Morgan fingerprint density at radius 2 is 2.38 bits per heavy atom. The number of nitrogen functional groups attached to an aromatic ring is 1. The van der Waals surface area contributed by atoms with E-state index in [0.717, 1.165) is 11.3 Å². The summed E-state index contributed by atoms with van der Waals surface area (Å²) in [5.74, 6) is -0.468. The molecular formula is C6H10N4O2S. The third-order valence-electron chi connectivity index (χ3n) is 1.27. The predicted molar refractivity (Wildman–Crippen MR) is 50.6 cm³/mol. The van der Waals surface area contributed by atoms with Crippen LogP contribution in [0, 0.1) is 0 Å². The lowest BCUT2D eigenvalue weighted by atomic mass is 10.5. The fourth-order valence-corrected chi connectivity index (χ4v) is 1.51. The minimum absolute atomic E-state index is 0.00854. The summed E-state index contributed by atoms with van der Waals surface area (Å²) in [6, 6.07) is 0. The van der Waals surface area contributed by atoms with E-state index < -0.39 is 5.91 Å². The van der Waals surface area contributed by atoms with Crippen molar-refractivity contribution in [3.05, 3.63) is 4.88 Å². The predicted octanol–water partition coefficient (Wildman–Crippen LogP) is -0.772. The van der Waals surface area contributed by atoms with Crippen LogP contribution in [0.4, 0.5) is 10.9 Å². The molecule has 0 saturated carbocycles. The highest BCUT2D eigenvalue weighted by Crippen LogP contribution is 2.23. The second-order valence-electron chi connectivity index (χ2n) is 2.25. The summed E-state index contributed by atoms with van der Waals surface area (Å²) in [5, 5.41) is 11.8. The van der Waals surface area contributed by atoms with Crippen LogP contribution in [0.15, 0.2) is 0 Å². The van der Waals surface area contributed by atoms with Gasteiger partial charge in [0, 0.05) is 6.54 Å². The fourth-order valence-electron chi connectivity index (χ4n) is 0.747. The summed E-state index contributed by atoms with van der Waals surface area (Å²) < 4.78 is 0. The first-order valence-corrected chi connectivity index (χ1v) is 4.37.